The lowest BCUT2D eigenvalue weighted by molar-refractivity contribution is -0.159. The van der Waals surface area contributed by atoms with Crippen molar-refractivity contribution in [2.75, 3.05) is 7.05 Å². The van der Waals surface area contributed by atoms with Crippen LogP contribution in [0.25, 0.3) is 0 Å². The van der Waals surface area contributed by atoms with Crippen LogP contribution in [0.15, 0.2) is 84.9 Å². The molecule has 0 spiro atoms. The summed E-state index contributed by atoms with van der Waals surface area (Å²) >= 11 is 0. The van der Waals surface area contributed by atoms with Gasteiger partial charge in [-0.2, -0.15) is 0 Å². The van der Waals surface area contributed by atoms with E-state index in [1.54, 1.807) is 26.1 Å². The van der Waals surface area contributed by atoms with Crippen LogP contribution in [0.2, 0.25) is 0 Å². The highest BCUT2D eigenvalue weighted by molar-refractivity contribution is 5.87. The molecule has 30 heavy (non-hydrogen) atoms. The van der Waals surface area contributed by atoms with Crippen molar-refractivity contribution in [2.45, 2.75) is 25.5 Å². The monoisotopic (exact) mass is 405 g/mol. The summed E-state index contributed by atoms with van der Waals surface area (Å²) in [6.45, 7) is 1.77. The molecular formula is C25H24FNO3. The lowest BCUT2D eigenvalue weighted by Gasteiger charge is -2.24. The molecule has 0 aromatic heterocycles. The third-order valence-electron chi connectivity index (χ3n) is 4.83. The molecule has 5 heteroatoms. The maximum Gasteiger partial charge on any atom is 0.318 e. The molecule has 0 bridgehead atoms. The van der Waals surface area contributed by atoms with Gasteiger partial charge in [-0.25, -0.2) is 4.39 Å². The second-order valence-corrected chi connectivity index (χ2v) is 7.16. The normalized spacial score (nSPS) is 11.7. The van der Waals surface area contributed by atoms with Crippen molar-refractivity contribution >= 4 is 11.9 Å². The van der Waals surface area contributed by atoms with Gasteiger partial charge in [0.1, 0.15) is 11.7 Å². The molecule has 0 fully saturated rings. The number of rotatable bonds is 7. The van der Waals surface area contributed by atoms with Gasteiger partial charge in [0.25, 0.3) is 5.91 Å². The van der Waals surface area contributed by atoms with E-state index >= 15 is 0 Å². The van der Waals surface area contributed by atoms with E-state index in [0.29, 0.717) is 5.56 Å². The minimum absolute atomic E-state index is 0.222. The first kappa shape index (κ1) is 21.2. The summed E-state index contributed by atoms with van der Waals surface area (Å²) in [5, 5.41) is 0. The van der Waals surface area contributed by atoms with Crippen molar-refractivity contribution < 1.29 is 18.7 Å². The van der Waals surface area contributed by atoms with E-state index in [0.717, 1.165) is 11.1 Å². The number of esters is 1. The van der Waals surface area contributed by atoms with Crippen LogP contribution in [0.4, 0.5) is 4.39 Å². The molecule has 0 aliphatic carbocycles. The summed E-state index contributed by atoms with van der Waals surface area (Å²) in [5.41, 5.74) is 2.25. The van der Waals surface area contributed by atoms with E-state index < -0.39 is 18.0 Å². The maximum absolute atomic E-state index is 13.4. The smallest absolute Gasteiger partial charge is 0.318 e. The van der Waals surface area contributed by atoms with Gasteiger partial charge in [0.15, 0.2) is 6.10 Å². The van der Waals surface area contributed by atoms with Gasteiger partial charge < -0.3 is 9.64 Å². The third kappa shape index (κ3) is 5.32. The molecule has 3 aromatic rings. The first-order valence-electron chi connectivity index (χ1n) is 9.75. The fourth-order valence-electron chi connectivity index (χ4n) is 3.35. The van der Waals surface area contributed by atoms with E-state index in [9.17, 15) is 14.0 Å². The Kier molecular flexibility index (Phi) is 6.96. The predicted octanol–water partition coefficient (Wildman–Crippen LogP) is 4.55. The number of nitrogens with zero attached hydrogens (tertiary/aromatic N) is 1. The average Bonchev–Trinajstić information content (AvgIpc) is 2.75. The molecule has 0 N–H and O–H groups in total. The zero-order valence-corrected chi connectivity index (χ0v) is 17.0. The third-order valence-corrected chi connectivity index (χ3v) is 4.83. The Morgan fingerprint density at radius 3 is 2.00 bits per heavy atom. The summed E-state index contributed by atoms with van der Waals surface area (Å²) in [4.78, 5) is 27.2. The van der Waals surface area contributed by atoms with Crippen LogP contribution >= 0.6 is 0 Å². The van der Waals surface area contributed by atoms with E-state index in [1.165, 1.54) is 17.0 Å². The highest BCUT2D eigenvalue weighted by Crippen LogP contribution is 2.26. The van der Waals surface area contributed by atoms with E-state index in [-0.39, 0.29) is 18.3 Å². The molecule has 0 aliphatic heterocycles. The Labute approximate surface area is 175 Å². The fourth-order valence-corrected chi connectivity index (χ4v) is 3.35. The van der Waals surface area contributed by atoms with E-state index in [2.05, 4.69) is 0 Å². The number of likely N-dealkylation sites (N-methyl/N-ethyl adjacent to an activating group) is 1. The lowest BCUT2D eigenvalue weighted by atomic mass is 9.91. The molecule has 4 nitrogen and oxygen atoms in total. The SMILES string of the molecule is C[C@H](OC(=O)C(c1ccccc1)c1ccccc1)C(=O)N(C)Cc1cccc(F)c1. The largest absolute Gasteiger partial charge is 0.452 e. The molecule has 0 radical (unpaired) electrons. The molecule has 1 amide bonds. The molecule has 3 rings (SSSR count). The van der Waals surface area contributed by atoms with Gasteiger partial charge in [-0.05, 0) is 35.7 Å². The number of hydrogen-bond acceptors (Lipinski definition) is 3. The number of carbonyl (C=O) groups excluding carboxylic acids is 2. The van der Waals surface area contributed by atoms with Crippen molar-refractivity contribution in [1.29, 1.82) is 0 Å². The van der Waals surface area contributed by atoms with Crippen molar-refractivity contribution in [1.82, 2.24) is 4.90 Å². The summed E-state index contributed by atoms with van der Waals surface area (Å²) in [6, 6.07) is 24.7. The Morgan fingerprint density at radius 2 is 1.47 bits per heavy atom. The second-order valence-electron chi connectivity index (χ2n) is 7.16. The molecule has 0 heterocycles. The minimum atomic E-state index is -0.967. The van der Waals surface area contributed by atoms with Gasteiger partial charge in [-0.1, -0.05) is 72.8 Å². The number of ether oxygens (including phenoxy) is 1. The Morgan fingerprint density at radius 1 is 0.900 bits per heavy atom. The second kappa shape index (κ2) is 9.83. The maximum atomic E-state index is 13.4. The van der Waals surface area contributed by atoms with Crippen LogP contribution in [0.5, 0.6) is 0 Å². The Balaban J connectivity index is 1.72. The lowest BCUT2D eigenvalue weighted by Crippen LogP contribution is -2.38. The van der Waals surface area contributed by atoms with Crippen LogP contribution in [0, 0.1) is 5.82 Å². The van der Waals surface area contributed by atoms with Crippen molar-refractivity contribution in [3.8, 4) is 0 Å². The minimum Gasteiger partial charge on any atom is -0.452 e. The molecule has 1 atom stereocenters. The van der Waals surface area contributed by atoms with Gasteiger partial charge in [-0.15, -0.1) is 0 Å². The molecule has 154 valence electrons. The molecule has 3 aromatic carbocycles. The van der Waals surface area contributed by atoms with Gasteiger partial charge >= 0.3 is 5.97 Å². The van der Waals surface area contributed by atoms with Crippen LogP contribution in [-0.4, -0.2) is 29.9 Å². The van der Waals surface area contributed by atoms with Crippen LogP contribution in [-0.2, 0) is 20.9 Å². The average molecular weight is 405 g/mol. The first-order valence-corrected chi connectivity index (χ1v) is 9.75. The summed E-state index contributed by atoms with van der Waals surface area (Å²) in [5.74, 6) is -1.84. The summed E-state index contributed by atoms with van der Waals surface area (Å²) in [6.07, 6.45) is -0.967. The molecule has 0 saturated carbocycles. The van der Waals surface area contributed by atoms with Gasteiger partial charge in [0.05, 0.1) is 0 Å². The van der Waals surface area contributed by atoms with Gasteiger partial charge in [-0.3, -0.25) is 9.59 Å². The highest BCUT2D eigenvalue weighted by atomic mass is 19.1. The van der Waals surface area contributed by atoms with Crippen molar-refractivity contribution in [3.63, 3.8) is 0 Å². The Hall–Kier alpha value is -3.47. The zero-order chi connectivity index (χ0) is 21.5. The van der Waals surface area contributed by atoms with Crippen molar-refractivity contribution in [3.05, 3.63) is 107 Å². The van der Waals surface area contributed by atoms with Crippen LogP contribution in [0.3, 0.4) is 0 Å². The quantitative estimate of drug-likeness (QED) is 0.542. The first-order chi connectivity index (χ1) is 14.5. The number of halogens is 1. The van der Waals surface area contributed by atoms with Gasteiger partial charge in [0, 0.05) is 13.6 Å². The zero-order valence-electron chi connectivity index (χ0n) is 17.0. The highest BCUT2D eigenvalue weighted by Gasteiger charge is 2.29. The number of benzene rings is 3. The molecule has 0 aliphatic rings. The van der Waals surface area contributed by atoms with Crippen molar-refractivity contribution in [2.24, 2.45) is 0 Å². The molecule has 0 saturated heterocycles. The molecular weight excluding hydrogens is 381 g/mol. The number of amides is 1. The van der Waals surface area contributed by atoms with E-state index in [4.69, 9.17) is 4.74 Å². The standard InChI is InChI=1S/C25H24FNO3/c1-18(24(28)27(2)17-19-10-9-15-22(26)16-19)30-25(29)23(20-11-5-3-6-12-20)21-13-7-4-8-14-21/h3-16,18,23H,17H2,1-2H3/t18-/m0/s1. The number of hydrogen-bond donors (Lipinski definition) is 0. The van der Waals surface area contributed by atoms with Crippen LogP contribution < -0.4 is 0 Å². The predicted molar refractivity (Wildman–Crippen MR) is 113 cm³/mol. The number of carbonyl (C=O) groups is 2. The van der Waals surface area contributed by atoms with E-state index in [1.807, 2.05) is 60.7 Å². The molecule has 0 unspecified atom stereocenters. The topological polar surface area (TPSA) is 46.6 Å². The fraction of sp³-hybridized carbons (Fsp3) is 0.200. The Bertz CT molecular complexity index is 952. The summed E-state index contributed by atoms with van der Waals surface area (Å²) < 4.78 is 18.9. The van der Waals surface area contributed by atoms with Crippen LogP contribution in [0.1, 0.15) is 29.5 Å². The van der Waals surface area contributed by atoms with Gasteiger partial charge in [0.2, 0.25) is 0 Å². The summed E-state index contributed by atoms with van der Waals surface area (Å²) in [7, 11) is 1.60.